The zero-order valence-corrected chi connectivity index (χ0v) is 9.45. The van der Waals surface area contributed by atoms with Crippen molar-refractivity contribution in [3.63, 3.8) is 0 Å². The second-order valence-corrected chi connectivity index (χ2v) is 4.59. The van der Waals surface area contributed by atoms with Gasteiger partial charge < -0.3 is 16.2 Å². The molecule has 1 fully saturated rings. The van der Waals surface area contributed by atoms with Gasteiger partial charge in [0.1, 0.15) is 11.6 Å². The molecule has 1 saturated carbocycles. The first kappa shape index (κ1) is 11.2. The molecule has 1 aromatic heterocycles. The fourth-order valence-corrected chi connectivity index (χ4v) is 2.19. The molecule has 0 aromatic carbocycles. The summed E-state index contributed by atoms with van der Waals surface area (Å²) in [5, 5.41) is 13.4. The number of aromatic nitrogens is 1. The minimum Gasteiger partial charge on any atom is -0.388 e. The highest BCUT2D eigenvalue weighted by Gasteiger charge is 2.28. The minimum absolute atomic E-state index is 0.501. The van der Waals surface area contributed by atoms with Crippen LogP contribution in [0.1, 0.15) is 32.1 Å². The third-order valence-electron chi connectivity index (χ3n) is 3.15. The molecule has 4 heteroatoms. The van der Waals surface area contributed by atoms with Crippen molar-refractivity contribution in [1.82, 2.24) is 4.98 Å². The number of anilines is 2. The van der Waals surface area contributed by atoms with Crippen molar-refractivity contribution in [2.24, 2.45) is 0 Å². The molecule has 0 atom stereocenters. The number of nitrogen functional groups attached to an aromatic ring is 1. The van der Waals surface area contributed by atoms with Gasteiger partial charge >= 0.3 is 0 Å². The Morgan fingerprint density at radius 1 is 1.31 bits per heavy atom. The Kier molecular flexibility index (Phi) is 3.29. The highest BCUT2D eigenvalue weighted by atomic mass is 16.3. The maximum atomic E-state index is 10.3. The van der Waals surface area contributed by atoms with Crippen LogP contribution in [0.4, 0.5) is 11.6 Å². The van der Waals surface area contributed by atoms with Crippen molar-refractivity contribution in [2.45, 2.75) is 37.7 Å². The van der Waals surface area contributed by atoms with Gasteiger partial charge in [-0.3, -0.25) is 0 Å². The number of nitrogens with zero attached hydrogens (tertiary/aromatic N) is 1. The monoisotopic (exact) mass is 221 g/mol. The van der Waals surface area contributed by atoms with Gasteiger partial charge in [-0.05, 0) is 25.0 Å². The summed E-state index contributed by atoms with van der Waals surface area (Å²) in [6, 6.07) is 5.47. The van der Waals surface area contributed by atoms with Gasteiger partial charge in [0.2, 0.25) is 0 Å². The van der Waals surface area contributed by atoms with Gasteiger partial charge in [0.25, 0.3) is 0 Å². The third-order valence-corrected chi connectivity index (χ3v) is 3.15. The molecule has 4 nitrogen and oxygen atoms in total. The van der Waals surface area contributed by atoms with Crippen LogP contribution in [0.15, 0.2) is 18.2 Å². The maximum absolute atomic E-state index is 10.3. The van der Waals surface area contributed by atoms with Gasteiger partial charge in [-0.1, -0.05) is 25.3 Å². The first-order valence-corrected chi connectivity index (χ1v) is 5.87. The van der Waals surface area contributed by atoms with E-state index in [0.717, 1.165) is 31.5 Å². The highest BCUT2D eigenvalue weighted by molar-refractivity contribution is 5.42. The Labute approximate surface area is 95.9 Å². The van der Waals surface area contributed by atoms with E-state index in [4.69, 9.17) is 5.73 Å². The van der Waals surface area contributed by atoms with E-state index < -0.39 is 5.60 Å². The molecule has 0 unspecified atom stereocenters. The lowest BCUT2D eigenvalue weighted by Gasteiger charge is -2.32. The molecule has 1 aromatic rings. The molecule has 2 rings (SSSR count). The molecular weight excluding hydrogens is 202 g/mol. The van der Waals surface area contributed by atoms with Gasteiger partial charge in [-0.15, -0.1) is 0 Å². The summed E-state index contributed by atoms with van der Waals surface area (Å²) in [7, 11) is 0. The van der Waals surface area contributed by atoms with E-state index in [0.29, 0.717) is 12.4 Å². The Bertz CT molecular complexity index is 348. The van der Waals surface area contributed by atoms with Gasteiger partial charge in [0.15, 0.2) is 0 Å². The lowest BCUT2D eigenvalue weighted by molar-refractivity contribution is 0.0166. The number of pyridine rings is 1. The van der Waals surface area contributed by atoms with E-state index in [1.54, 1.807) is 6.07 Å². The van der Waals surface area contributed by atoms with E-state index in [-0.39, 0.29) is 0 Å². The molecule has 1 heterocycles. The Morgan fingerprint density at radius 2 is 2.06 bits per heavy atom. The quantitative estimate of drug-likeness (QED) is 0.727. The summed E-state index contributed by atoms with van der Waals surface area (Å²) in [6.45, 7) is 0.559. The van der Waals surface area contributed by atoms with Gasteiger partial charge in [0.05, 0.1) is 5.60 Å². The zero-order chi connectivity index (χ0) is 11.4. The predicted octanol–water partition coefficient (Wildman–Crippen LogP) is 1.77. The summed E-state index contributed by atoms with van der Waals surface area (Å²) in [5.74, 6) is 1.24. The lowest BCUT2D eigenvalue weighted by Crippen LogP contribution is -2.38. The fourth-order valence-electron chi connectivity index (χ4n) is 2.19. The Hall–Kier alpha value is -1.29. The van der Waals surface area contributed by atoms with Crippen LogP contribution in [0.25, 0.3) is 0 Å². The first-order valence-electron chi connectivity index (χ1n) is 5.87. The minimum atomic E-state index is -0.565. The number of aliphatic hydroxyl groups is 1. The molecule has 4 N–H and O–H groups in total. The number of rotatable bonds is 3. The van der Waals surface area contributed by atoms with Crippen molar-refractivity contribution < 1.29 is 5.11 Å². The van der Waals surface area contributed by atoms with Gasteiger partial charge in [-0.2, -0.15) is 0 Å². The molecule has 1 aliphatic rings. The van der Waals surface area contributed by atoms with Crippen LogP contribution in [-0.2, 0) is 0 Å². The first-order chi connectivity index (χ1) is 7.68. The van der Waals surface area contributed by atoms with Crippen molar-refractivity contribution >= 4 is 11.6 Å². The van der Waals surface area contributed by atoms with Gasteiger partial charge in [0, 0.05) is 6.54 Å². The van der Waals surface area contributed by atoms with E-state index >= 15 is 0 Å². The molecule has 0 bridgehead atoms. The number of nitrogens with one attached hydrogen (secondary N) is 1. The van der Waals surface area contributed by atoms with Crippen LogP contribution in [0.5, 0.6) is 0 Å². The highest BCUT2D eigenvalue weighted by Crippen LogP contribution is 2.28. The van der Waals surface area contributed by atoms with Crippen molar-refractivity contribution in [3.05, 3.63) is 18.2 Å². The van der Waals surface area contributed by atoms with Crippen LogP contribution in [0, 0.1) is 0 Å². The van der Waals surface area contributed by atoms with Crippen LogP contribution in [-0.4, -0.2) is 22.2 Å². The Balaban J connectivity index is 1.91. The second kappa shape index (κ2) is 4.70. The second-order valence-electron chi connectivity index (χ2n) is 4.59. The van der Waals surface area contributed by atoms with Crippen LogP contribution < -0.4 is 11.1 Å². The number of nitrogens with two attached hydrogens (primary N) is 1. The summed E-state index contributed by atoms with van der Waals surface area (Å²) in [5.41, 5.74) is 5.02. The molecule has 1 aliphatic carbocycles. The van der Waals surface area contributed by atoms with E-state index in [1.165, 1.54) is 6.42 Å². The lowest BCUT2D eigenvalue weighted by atomic mass is 9.85. The summed E-state index contributed by atoms with van der Waals surface area (Å²) in [4.78, 5) is 4.14. The standard InChI is InChI=1S/C12H19N3O/c13-10-5-4-6-11(15-10)14-9-12(16)7-2-1-3-8-12/h4-6,16H,1-3,7-9H2,(H3,13,14,15). The average Bonchev–Trinajstić information content (AvgIpc) is 2.28. The molecule has 0 spiro atoms. The molecule has 88 valence electrons. The van der Waals surface area contributed by atoms with Gasteiger partial charge in [-0.25, -0.2) is 4.98 Å². The van der Waals surface area contributed by atoms with E-state index in [9.17, 15) is 5.11 Å². The number of hydrogen-bond donors (Lipinski definition) is 3. The normalized spacial score (nSPS) is 19.3. The molecular formula is C12H19N3O. The van der Waals surface area contributed by atoms with Crippen molar-refractivity contribution in [2.75, 3.05) is 17.6 Å². The molecule has 0 aliphatic heterocycles. The van der Waals surface area contributed by atoms with Crippen LogP contribution in [0.3, 0.4) is 0 Å². The van der Waals surface area contributed by atoms with Crippen molar-refractivity contribution in [3.8, 4) is 0 Å². The summed E-state index contributed by atoms with van der Waals surface area (Å²) in [6.07, 6.45) is 5.22. The maximum Gasteiger partial charge on any atom is 0.128 e. The summed E-state index contributed by atoms with van der Waals surface area (Å²) >= 11 is 0. The predicted molar refractivity (Wildman–Crippen MR) is 65.2 cm³/mol. The smallest absolute Gasteiger partial charge is 0.128 e. The third kappa shape index (κ3) is 2.85. The topological polar surface area (TPSA) is 71.2 Å². The Morgan fingerprint density at radius 3 is 2.75 bits per heavy atom. The van der Waals surface area contributed by atoms with E-state index in [1.807, 2.05) is 12.1 Å². The SMILES string of the molecule is Nc1cccc(NCC2(O)CCCCC2)n1. The molecule has 0 radical (unpaired) electrons. The van der Waals surface area contributed by atoms with Crippen molar-refractivity contribution in [1.29, 1.82) is 0 Å². The zero-order valence-electron chi connectivity index (χ0n) is 9.45. The van der Waals surface area contributed by atoms with Crippen LogP contribution >= 0.6 is 0 Å². The van der Waals surface area contributed by atoms with Crippen LogP contribution in [0.2, 0.25) is 0 Å². The van der Waals surface area contributed by atoms with E-state index in [2.05, 4.69) is 10.3 Å². The number of hydrogen-bond acceptors (Lipinski definition) is 4. The largest absolute Gasteiger partial charge is 0.388 e. The summed E-state index contributed by atoms with van der Waals surface area (Å²) < 4.78 is 0. The molecule has 0 amide bonds. The average molecular weight is 221 g/mol. The molecule has 0 saturated heterocycles. The molecule has 16 heavy (non-hydrogen) atoms. The fraction of sp³-hybridized carbons (Fsp3) is 0.583.